The van der Waals surface area contributed by atoms with Gasteiger partial charge < -0.3 is 9.64 Å². The molecule has 0 saturated carbocycles. The van der Waals surface area contributed by atoms with Crippen molar-refractivity contribution in [3.05, 3.63) is 22.9 Å². The van der Waals surface area contributed by atoms with E-state index >= 15 is 0 Å². The highest BCUT2D eigenvalue weighted by atomic mass is 32.2. The molecule has 1 amide bonds. The predicted molar refractivity (Wildman–Crippen MR) is 100 cm³/mol. The number of likely N-dealkylation sites (tertiary alicyclic amines) is 1. The monoisotopic (exact) mass is 375 g/mol. The molecule has 7 heteroatoms. The van der Waals surface area contributed by atoms with E-state index in [1.165, 1.54) is 30.7 Å². The van der Waals surface area contributed by atoms with Gasteiger partial charge in [0.25, 0.3) is 0 Å². The summed E-state index contributed by atoms with van der Waals surface area (Å²) in [6.07, 6.45) is 4.41. The van der Waals surface area contributed by atoms with Crippen molar-refractivity contribution in [2.45, 2.75) is 56.7 Å². The number of hydrogen-bond acceptors (Lipinski definition) is 6. The van der Waals surface area contributed by atoms with Gasteiger partial charge >= 0.3 is 5.97 Å². The van der Waals surface area contributed by atoms with E-state index in [1.807, 2.05) is 11.8 Å². The normalized spacial score (nSPS) is 15.7. The minimum Gasteiger partial charge on any atom is -0.462 e. The molecule has 0 spiro atoms. The molecule has 1 aromatic heterocycles. The Balaban J connectivity index is 2.17. The lowest BCUT2D eigenvalue weighted by Crippen LogP contribution is -2.37. The van der Waals surface area contributed by atoms with E-state index < -0.39 is 5.97 Å². The molecule has 0 radical (unpaired) electrons. The summed E-state index contributed by atoms with van der Waals surface area (Å²) in [5.74, 6) is -0.408. The summed E-state index contributed by atoms with van der Waals surface area (Å²) in [4.78, 5) is 31.0. The number of nitrogens with zero attached hydrogens (tertiary/aromatic N) is 3. The van der Waals surface area contributed by atoms with Gasteiger partial charge in [-0.25, -0.2) is 9.78 Å². The van der Waals surface area contributed by atoms with Crippen molar-refractivity contribution in [2.24, 2.45) is 0 Å². The Morgan fingerprint density at radius 1 is 1.35 bits per heavy atom. The molecule has 1 aromatic rings. The number of amides is 1. The second-order valence-corrected chi connectivity index (χ2v) is 7.64. The zero-order valence-corrected chi connectivity index (χ0v) is 16.4. The van der Waals surface area contributed by atoms with Crippen molar-refractivity contribution < 1.29 is 14.3 Å². The number of carbonyl (C=O) groups excluding carboxylic acids is 2. The van der Waals surface area contributed by atoms with E-state index in [0.717, 1.165) is 25.9 Å². The van der Waals surface area contributed by atoms with Crippen LogP contribution in [0.5, 0.6) is 0 Å². The van der Waals surface area contributed by atoms with Gasteiger partial charge in [-0.1, -0.05) is 24.6 Å². The maximum Gasteiger partial charge on any atom is 0.340 e. The first-order valence-electron chi connectivity index (χ1n) is 9.02. The number of thioether (sulfide) groups is 1. The van der Waals surface area contributed by atoms with Gasteiger partial charge in [0, 0.05) is 13.1 Å². The molecule has 1 saturated heterocycles. The fraction of sp³-hybridized carbons (Fsp3) is 0.579. The summed E-state index contributed by atoms with van der Waals surface area (Å²) in [6.45, 7) is 7.13. The van der Waals surface area contributed by atoms with E-state index in [9.17, 15) is 14.9 Å². The lowest BCUT2D eigenvalue weighted by molar-refractivity contribution is -0.130. The SMILES string of the molecule is CCOC(=O)c1cc(C#N)c(S[C@H](C)C(=O)N2CCCCCC2)nc1C. The Kier molecular flexibility index (Phi) is 7.46. The maximum atomic E-state index is 12.7. The van der Waals surface area contributed by atoms with Crippen LogP contribution >= 0.6 is 11.8 Å². The van der Waals surface area contributed by atoms with Crippen molar-refractivity contribution in [1.29, 1.82) is 5.26 Å². The zero-order chi connectivity index (χ0) is 19.1. The van der Waals surface area contributed by atoms with E-state index in [2.05, 4.69) is 11.1 Å². The lowest BCUT2D eigenvalue weighted by atomic mass is 10.1. The minimum atomic E-state index is -0.487. The van der Waals surface area contributed by atoms with Gasteiger partial charge in [0.05, 0.1) is 28.7 Å². The predicted octanol–water partition coefficient (Wildman–Crippen LogP) is 3.32. The molecule has 26 heavy (non-hydrogen) atoms. The molecule has 1 aliphatic heterocycles. The number of carbonyl (C=O) groups is 2. The van der Waals surface area contributed by atoms with Gasteiger partial charge in [0.2, 0.25) is 5.91 Å². The standard InChI is InChI=1S/C19H25N3O3S/c1-4-25-19(24)16-11-15(12-20)17(21-13(16)2)26-14(3)18(23)22-9-7-5-6-8-10-22/h11,14H,4-10H2,1-3H3/t14-/m1/s1. The molecule has 140 valence electrons. The molecular weight excluding hydrogens is 350 g/mol. The fourth-order valence-corrected chi connectivity index (χ4v) is 3.94. The summed E-state index contributed by atoms with van der Waals surface area (Å²) < 4.78 is 5.00. The Morgan fingerprint density at radius 2 is 2.00 bits per heavy atom. The molecule has 2 heterocycles. The van der Waals surface area contributed by atoms with Gasteiger partial charge in [-0.15, -0.1) is 0 Å². The summed E-state index contributed by atoms with van der Waals surface area (Å²) in [5, 5.41) is 9.58. The van der Waals surface area contributed by atoms with Gasteiger partial charge in [-0.2, -0.15) is 5.26 Å². The third kappa shape index (κ3) is 4.98. The maximum absolute atomic E-state index is 12.7. The van der Waals surface area contributed by atoms with E-state index in [0.29, 0.717) is 21.8 Å². The first kappa shape index (κ1) is 20.2. The topological polar surface area (TPSA) is 83.3 Å². The first-order chi connectivity index (χ1) is 12.5. The lowest BCUT2D eigenvalue weighted by Gasteiger charge is -2.24. The molecule has 1 atom stereocenters. The summed E-state index contributed by atoms with van der Waals surface area (Å²) >= 11 is 1.27. The quantitative estimate of drug-likeness (QED) is 0.580. The number of nitriles is 1. The molecule has 0 aromatic carbocycles. The van der Waals surface area contributed by atoms with Crippen LogP contribution in [0.4, 0.5) is 0 Å². The highest BCUT2D eigenvalue weighted by Gasteiger charge is 2.25. The molecule has 0 bridgehead atoms. The molecule has 0 unspecified atom stereocenters. The van der Waals surface area contributed by atoms with Crippen LogP contribution in [0.3, 0.4) is 0 Å². The number of aryl methyl sites for hydroxylation is 1. The third-order valence-electron chi connectivity index (χ3n) is 4.35. The van der Waals surface area contributed by atoms with Crippen molar-refractivity contribution >= 4 is 23.6 Å². The number of pyridine rings is 1. The van der Waals surface area contributed by atoms with Gasteiger partial charge in [-0.05, 0) is 39.7 Å². The zero-order valence-electron chi connectivity index (χ0n) is 15.6. The van der Waals surface area contributed by atoms with Gasteiger partial charge in [0.15, 0.2) is 0 Å². The molecule has 6 nitrogen and oxygen atoms in total. The van der Waals surface area contributed by atoms with Crippen LogP contribution in [0.1, 0.15) is 61.1 Å². The second kappa shape index (κ2) is 9.58. The number of aromatic nitrogens is 1. The highest BCUT2D eigenvalue weighted by molar-refractivity contribution is 8.00. The number of hydrogen-bond donors (Lipinski definition) is 0. The van der Waals surface area contributed by atoms with Crippen molar-refractivity contribution in [2.75, 3.05) is 19.7 Å². The Hall–Kier alpha value is -2.07. The fourth-order valence-electron chi connectivity index (χ4n) is 2.93. The highest BCUT2D eigenvalue weighted by Crippen LogP contribution is 2.28. The molecule has 1 aliphatic rings. The number of esters is 1. The van der Waals surface area contributed by atoms with E-state index in [4.69, 9.17) is 4.74 Å². The van der Waals surface area contributed by atoms with Crippen LogP contribution in [0.2, 0.25) is 0 Å². The summed E-state index contributed by atoms with van der Waals surface area (Å²) in [5.41, 5.74) is 1.08. The van der Waals surface area contributed by atoms with Crippen molar-refractivity contribution in [1.82, 2.24) is 9.88 Å². The Bertz CT molecular complexity index is 707. The number of rotatable bonds is 5. The first-order valence-corrected chi connectivity index (χ1v) is 9.90. The van der Waals surface area contributed by atoms with Crippen LogP contribution in [0.15, 0.2) is 11.1 Å². The Labute approximate surface area is 158 Å². The molecule has 0 N–H and O–H groups in total. The van der Waals surface area contributed by atoms with Crippen LogP contribution in [0.25, 0.3) is 0 Å². The minimum absolute atomic E-state index is 0.0784. The summed E-state index contributed by atoms with van der Waals surface area (Å²) in [7, 11) is 0. The molecule has 0 aliphatic carbocycles. The average molecular weight is 375 g/mol. The van der Waals surface area contributed by atoms with E-state index in [1.54, 1.807) is 13.8 Å². The summed E-state index contributed by atoms with van der Waals surface area (Å²) in [6, 6.07) is 3.58. The van der Waals surface area contributed by atoms with Crippen LogP contribution in [-0.4, -0.2) is 46.7 Å². The third-order valence-corrected chi connectivity index (χ3v) is 5.44. The van der Waals surface area contributed by atoms with Gasteiger partial charge in [0.1, 0.15) is 11.1 Å². The smallest absolute Gasteiger partial charge is 0.340 e. The molecular formula is C19H25N3O3S. The molecule has 1 fully saturated rings. The van der Waals surface area contributed by atoms with Crippen molar-refractivity contribution in [3.8, 4) is 6.07 Å². The van der Waals surface area contributed by atoms with Crippen LogP contribution in [0, 0.1) is 18.3 Å². The molecule has 2 rings (SSSR count). The van der Waals surface area contributed by atoms with Gasteiger partial charge in [-0.3, -0.25) is 4.79 Å². The van der Waals surface area contributed by atoms with E-state index in [-0.39, 0.29) is 17.8 Å². The largest absolute Gasteiger partial charge is 0.462 e. The van der Waals surface area contributed by atoms with Crippen LogP contribution in [-0.2, 0) is 9.53 Å². The van der Waals surface area contributed by atoms with Crippen molar-refractivity contribution in [3.63, 3.8) is 0 Å². The Morgan fingerprint density at radius 3 is 2.58 bits per heavy atom. The van der Waals surface area contributed by atoms with Crippen LogP contribution < -0.4 is 0 Å². The second-order valence-electron chi connectivity index (χ2n) is 6.31. The number of ether oxygens (including phenoxy) is 1. The average Bonchev–Trinajstić information content (AvgIpc) is 2.90.